The van der Waals surface area contributed by atoms with Crippen LogP contribution in [0.15, 0.2) is 54.6 Å². The Labute approximate surface area is 129 Å². The average Bonchev–Trinajstić information content (AvgIpc) is 2.52. The standard InChI is InChI=1S/C18H19NO3/c1-2-3-11-17(20)19-16(18(21)22)12-14-9-6-8-13-7-4-5-10-15(13)14/h3-11,16H,2,12H2,1H3,(H,19,20)(H,21,22). The molecule has 22 heavy (non-hydrogen) atoms. The Hall–Kier alpha value is -2.62. The number of amides is 1. The van der Waals surface area contributed by atoms with E-state index in [1.807, 2.05) is 49.4 Å². The number of hydrogen-bond acceptors (Lipinski definition) is 2. The first-order valence-corrected chi connectivity index (χ1v) is 7.28. The Balaban J connectivity index is 2.21. The van der Waals surface area contributed by atoms with Gasteiger partial charge in [0.05, 0.1) is 0 Å². The van der Waals surface area contributed by atoms with Gasteiger partial charge in [-0.2, -0.15) is 0 Å². The van der Waals surface area contributed by atoms with Crippen LogP contribution >= 0.6 is 0 Å². The summed E-state index contributed by atoms with van der Waals surface area (Å²) in [6.45, 7) is 1.91. The fraction of sp³-hybridized carbons (Fsp3) is 0.222. The summed E-state index contributed by atoms with van der Waals surface area (Å²) in [5, 5.41) is 13.9. The molecule has 0 spiro atoms. The van der Waals surface area contributed by atoms with Gasteiger partial charge in [-0.25, -0.2) is 4.79 Å². The van der Waals surface area contributed by atoms with E-state index in [9.17, 15) is 14.7 Å². The number of rotatable bonds is 6. The van der Waals surface area contributed by atoms with Crippen molar-refractivity contribution in [3.63, 3.8) is 0 Å². The zero-order valence-corrected chi connectivity index (χ0v) is 12.5. The number of hydrogen-bond donors (Lipinski definition) is 2. The number of carbonyl (C=O) groups excluding carboxylic acids is 1. The summed E-state index contributed by atoms with van der Waals surface area (Å²) in [4.78, 5) is 23.1. The second-order valence-electron chi connectivity index (χ2n) is 5.05. The van der Waals surface area contributed by atoms with E-state index in [1.54, 1.807) is 6.08 Å². The second kappa shape index (κ2) is 7.41. The maximum Gasteiger partial charge on any atom is 0.326 e. The average molecular weight is 297 g/mol. The van der Waals surface area contributed by atoms with Crippen molar-refractivity contribution in [1.82, 2.24) is 5.32 Å². The summed E-state index contributed by atoms with van der Waals surface area (Å²) < 4.78 is 0. The lowest BCUT2D eigenvalue weighted by Gasteiger charge is -2.15. The van der Waals surface area contributed by atoms with Crippen molar-refractivity contribution < 1.29 is 14.7 Å². The Morgan fingerprint density at radius 2 is 1.91 bits per heavy atom. The van der Waals surface area contributed by atoms with Crippen molar-refractivity contribution in [1.29, 1.82) is 0 Å². The molecular formula is C18H19NO3. The minimum absolute atomic E-state index is 0.252. The van der Waals surface area contributed by atoms with Gasteiger partial charge < -0.3 is 10.4 Å². The summed E-state index contributed by atoms with van der Waals surface area (Å²) in [7, 11) is 0. The molecule has 0 aromatic heterocycles. The third-order valence-corrected chi connectivity index (χ3v) is 3.42. The quantitative estimate of drug-likeness (QED) is 0.806. The monoisotopic (exact) mass is 297 g/mol. The van der Waals surface area contributed by atoms with Gasteiger partial charge >= 0.3 is 5.97 Å². The second-order valence-corrected chi connectivity index (χ2v) is 5.05. The number of carboxylic acid groups (broad SMARTS) is 1. The van der Waals surface area contributed by atoms with Crippen LogP contribution in [0, 0.1) is 0 Å². The lowest BCUT2D eigenvalue weighted by atomic mass is 9.99. The van der Waals surface area contributed by atoms with Gasteiger partial charge in [0.15, 0.2) is 0 Å². The predicted molar refractivity (Wildman–Crippen MR) is 86.6 cm³/mol. The summed E-state index contributed by atoms with van der Waals surface area (Å²) >= 11 is 0. The smallest absolute Gasteiger partial charge is 0.326 e. The molecule has 0 fully saturated rings. The molecule has 0 bridgehead atoms. The van der Waals surface area contributed by atoms with Gasteiger partial charge in [0.25, 0.3) is 0 Å². The summed E-state index contributed by atoms with van der Waals surface area (Å²) in [6, 6.07) is 12.6. The highest BCUT2D eigenvalue weighted by Gasteiger charge is 2.20. The summed E-state index contributed by atoms with van der Waals surface area (Å²) in [5.41, 5.74) is 0.908. The molecular weight excluding hydrogens is 278 g/mol. The van der Waals surface area contributed by atoms with Crippen LogP contribution in [0.4, 0.5) is 0 Å². The van der Waals surface area contributed by atoms with Gasteiger partial charge in [-0.05, 0) is 28.8 Å². The van der Waals surface area contributed by atoms with E-state index in [2.05, 4.69) is 5.32 Å². The van der Waals surface area contributed by atoms with Gasteiger partial charge in [-0.15, -0.1) is 0 Å². The molecule has 2 aromatic carbocycles. The van der Waals surface area contributed by atoms with E-state index in [1.165, 1.54) is 6.08 Å². The molecule has 1 amide bonds. The van der Waals surface area contributed by atoms with Crippen LogP contribution in [0.2, 0.25) is 0 Å². The normalized spacial score (nSPS) is 12.4. The van der Waals surface area contributed by atoms with Crippen LogP contribution in [0.25, 0.3) is 10.8 Å². The molecule has 4 heteroatoms. The Kier molecular flexibility index (Phi) is 5.31. The third-order valence-electron chi connectivity index (χ3n) is 3.42. The molecule has 1 unspecified atom stereocenters. The highest BCUT2D eigenvalue weighted by Crippen LogP contribution is 2.19. The maximum atomic E-state index is 11.7. The highest BCUT2D eigenvalue weighted by atomic mass is 16.4. The van der Waals surface area contributed by atoms with Crippen molar-refractivity contribution >= 4 is 22.6 Å². The predicted octanol–water partition coefficient (Wildman–Crippen LogP) is 2.92. The molecule has 0 saturated carbocycles. The Morgan fingerprint density at radius 1 is 1.18 bits per heavy atom. The Bertz CT molecular complexity index is 701. The molecule has 1 atom stereocenters. The zero-order valence-electron chi connectivity index (χ0n) is 12.5. The molecule has 2 N–H and O–H groups in total. The fourth-order valence-electron chi connectivity index (χ4n) is 2.34. The van der Waals surface area contributed by atoms with Crippen molar-refractivity contribution in [2.24, 2.45) is 0 Å². The zero-order chi connectivity index (χ0) is 15.9. The largest absolute Gasteiger partial charge is 0.480 e. The highest BCUT2D eigenvalue weighted by molar-refractivity contribution is 5.92. The van der Waals surface area contributed by atoms with Gasteiger partial charge in [0.2, 0.25) is 5.91 Å². The molecule has 0 radical (unpaired) electrons. The first-order chi connectivity index (χ1) is 10.6. The minimum atomic E-state index is -1.04. The number of carbonyl (C=O) groups is 2. The van der Waals surface area contributed by atoms with Crippen LogP contribution in [-0.2, 0) is 16.0 Å². The van der Waals surface area contributed by atoms with Crippen LogP contribution in [-0.4, -0.2) is 23.0 Å². The van der Waals surface area contributed by atoms with E-state index >= 15 is 0 Å². The molecule has 114 valence electrons. The van der Waals surface area contributed by atoms with Gasteiger partial charge in [0.1, 0.15) is 6.04 Å². The van der Waals surface area contributed by atoms with E-state index in [-0.39, 0.29) is 12.3 Å². The SMILES string of the molecule is CCC=CC(=O)NC(Cc1cccc2ccccc12)C(=O)O. The van der Waals surface area contributed by atoms with Gasteiger partial charge in [-0.3, -0.25) is 4.79 Å². The first kappa shape index (κ1) is 15.8. The van der Waals surface area contributed by atoms with Gasteiger partial charge in [-0.1, -0.05) is 55.5 Å². The number of benzene rings is 2. The van der Waals surface area contributed by atoms with Crippen molar-refractivity contribution in [3.05, 3.63) is 60.2 Å². The lowest BCUT2D eigenvalue weighted by molar-refractivity contribution is -0.141. The lowest BCUT2D eigenvalue weighted by Crippen LogP contribution is -2.41. The number of nitrogens with one attached hydrogen (secondary N) is 1. The molecule has 4 nitrogen and oxygen atoms in total. The Morgan fingerprint density at radius 3 is 2.64 bits per heavy atom. The number of fused-ring (bicyclic) bond motifs is 1. The van der Waals surface area contributed by atoms with Crippen LogP contribution in [0.5, 0.6) is 0 Å². The van der Waals surface area contributed by atoms with Crippen molar-refractivity contribution in [2.75, 3.05) is 0 Å². The van der Waals surface area contributed by atoms with Crippen molar-refractivity contribution in [3.8, 4) is 0 Å². The maximum absolute atomic E-state index is 11.7. The molecule has 0 aliphatic heterocycles. The van der Waals surface area contributed by atoms with E-state index < -0.39 is 12.0 Å². The fourth-order valence-corrected chi connectivity index (χ4v) is 2.34. The van der Waals surface area contributed by atoms with E-state index in [4.69, 9.17) is 0 Å². The molecule has 2 aromatic rings. The molecule has 0 saturated heterocycles. The van der Waals surface area contributed by atoms with Crippen molar-refractivity contribution in [2.45, 2.75) is 25.8 Å². The summed E-state index contributed by atoms with van der Waals surface area (Å²) in [5.74, 6) is -1.42. The molecule has 0 heterocycles. The van der Waals surface area contributed by atoms with E-state index in [0.717, 1.165) is 22.8 Å². The molecule has 0 aliphatic carbocycles. The number of allylic oxidation sites excluding steroid dienone is 1. The van der Waals surface area contributed by atoms with Gasteiger partial charge in [0, 0.05) is 6.42 Å². The van der Waals surface area contributed by atoms with E-state index in [0.29, 0.717) is 0 Å². The number of carboxylic acids is 1. The number of aliphatic carboxylic acids is 1. The summed E-state index contributed by atoms with van der Waals surface area (Å²) in [6.07, 6.45) is 4.06. The molecule has 2 rings (SSSR count). The molecule has 0 aliphatic rings. The topological polar surface area (TPSA) is 66.4 Å². The van der Waals surface area contributed by atoms with Crippen LogP contribution in [0.3, 0.4) is 0 Å². The van der Waals surface area contributed by atoms with Crippen LogP contribution < -0.4 is 5.32 Å². The first-order valence-electron chi connectivity index (χ1n) is 7.28. The van der Waals surface area contributed by atoms with Crippen LogP contribution in [0.1, 0.15) is 18.9 Å². The minimum Gasteiger partial charge on any atom is -0.480 e. The third kappa shape index (κ3) is 3.95.